The van der Waals surface area contributed by atoms with E-state index in [9.17, 15) is 5.11 Å². The van der Waals surface area contributed by atoms with Gasteiger partial charge in [0.15, 0.2) is 0 Å². The summed E-state index contributed by atoms with van der Waals surface area (Å²) >= 11 is 3.38. The first kappa shape index (κ1) is 11.1. The van der Waals surface area contributed by atoms with Gasteiger partial charge in [-0.2, -0.15) is 0 Å². The van der Waals surface area contributed by atoms with Crippen LogP contribution in [0.15, 0.2) is 22.9 Å². The number of nitrogens with zero attached hydrogens (tertiary/aromatic N) is 1. The Kier molecular flexibility index (Phi) is 2.86. The fourth-order valence-corrected chi connectivity index (χ4v) is 2.53. The van der Waals surface area contributed by atoms with Crippen LogP contribution in [0.2, 0.25) is 0 Å². The van der Waals surface area contributed by atoms with Crippen LogP contribution >= 0.6 is 15.9 Å². The van der Waals surface area contributed by atoms with Gasteiger partial charge in [0.05, 0.1) is 6.10 Å². The second-order valence-corrected chi connectivity index (χ2v) is 6.00. The van der Waals surface area contributed by atoms with Crippen molar-refractivity contribution in [1.29, 1.82) is 0 Å². The third-order valence-corrected chi connectivity index (χ3v) is 3.69. The van der Waals surface area contributed by atoms with Crippen molar-refractivity contribution in [2.24, 2.45) is 11.3 Å². The molecular formula is C12H16BrNO. The van der Waals surface area contributed by atoms with E-state index >= 15 is 0 Å². The Morgan fingerprint density at radius 3 is 2.80 bits per heavy atom. The molecule has 0 bridgehead atoms. The van der Waals surface area contributed by atoms with E-state index in [1.165, 1.54) is 0 Å². The summed E-state index contributed by atoms with van der Waals surface area (Å²) in [5.74, 6) is 0.455. The van der Waals surface area contributed by atoms with Gasteiger partial charge in [0.1, 0.15) is 0 Å². The first-order valence-corrected chi connectivity index (χ1v) is 6.06. The average molecular weight is 270 g/mol. The van der Waals surface area contributed by atoms with Gasteiger partial charge in [-0.3, -0.25) is 4.98 Å². The highest BCUT2D eigenvalue weighted by Crippen LogP contribution is 2.53. The molecule has 2 rings (SSSR count). The van der Waals surface area contributed by atoms with Gasteiger partial charge in [-0.25, -0.2) is 0 Å². The van der Waals surface area contributed by atoms with Crippen LogP contribution in [-0.2, 0) is 6.42 Å². The molecule has 2 unspecified atom stereocenters. The molecule has 1 aliphatic rings. The van der Waals surface area contributed by atoms with Crippen molar-refractivity contribution in [2.75, 3.05) is 0 Å². The van der Waals surface area contributed by atoms with Crippen molar-refractivity contribution >= 4 is 15.9 Å². The maximum Gasteiger partial charge on any atom is 0.0614 e. The standard InChI is InChI=1S/C12H16BrNO/c1-12(2)5-10(12)11(15)4-8-3-9(13)7-14-6-8/h3,6-7,10-11,15H,4-5H2,1-2H3. The third-order valence-electron chi connectivity index (χ3n) is 3.26. The molecule has 2 nitrogen and oxygen atoms in total. The fourth-order valence-electron chi connectivity index (χ4n) is 2.12. The summed E-state index contributed by atoms with van der Waals surface area (Å²) in [5.41, 5.74) is 1.43. The predicted molar refractivity (Wildman–Crippen MR) is 63.5 cm³/mol. The molecular weight excluding hydrogens is 254 g/mol. The largest absolute Gasteiger partial charge is 0.392 e. The lowest BCUT2D eigenvalue weighted by molar-refractivity contribution is 0.137. The van der Waals surface area contributed by atoms with E-state index in [0.717, 1.165) is 16.5 Å². The number of pyridine rings is 1. The maximum absolute atomic E-state index is 10.0. The van der Waals surface area contributed by atoms with Gasteiger partial charge in [-0.05, 0) is 45.3 Å². The summed E-state index contributed by atoms with van der Waals surface area (Å²) in [4.78, 5) is 4.10. The summed E-state index contributed by atoms with van der Waals surface area (Å²) in [7, 11) is 0. The molecule has 0 radical (unpaired) electrons. The summed E-state index contributed by atoms with van der Waals surface area (Å²) < 4.78 is 0.974. The third kappa shape index (κ3) is 2.58. The molecule has 0 aromatic carbocycles. The summed E-state index contributed by atoms with van der Waals surface area (Å²) in [6.45, 7) is 4.42. The fraction of sp³-hybridized carbons (Fsp3) is 0.583. The Morgan fingerprint density at radius 1 is 1.60 bits per heavy atom. The summed E-state index contributed by atoms with van der Waals surface area (Å²) in [6, 6.07) is 2.02. The molecule has 0 amide bonds. The van der Waals surface area contributed by atoms with Crippen molar-refractivity contribution in [2.45, 2.75) is 32.8 Å². The minimum Gasteiger partial charge on any atom is -0.392 e. The van der Waals surface area contributed by atoms with Crippen molar-refractivity contribution in [3.63, 3.8) is 0 Å². The predicted octanol–water partition coefficient (Wildman–Crippen LogP) is 2.79. The molecule has 2 atom stereocenters. The van der Waals surface area contributed by atoms with Crippen LogP contribution in [0.3, 0.4) is 0 Å². The molecule has 0 spiro atoms. The number of halogens is 1. The molecule has 15 heavy (non-hydrogen) atoms. The van der Waals surface area contributed by atoms with Gasteiger partial charge in [0, 0.05) is 23.3 Å². The Morgan fingerprint density at radius 2 is 2.27 bits per heavy atom. The van der Waals surface area contributed by atoms with E-state index in [1.807, 2.05) is 12.3 Å². The van der Waals surface area contributed by atoms with Crippen molar-refractivity contribution in [3.05, 3.63) is 28.5 Å². The molecule has 0 saturated heterocycles. The van der Waals surface area contributed by atoms with E-state index in [-0.39, 0.29) is 6.10 Å². The van der Waals surface area contributed by atoms with Crippen molar-refractivity contribution in [3.8, 4) is 0 Å². The highest BCUT2D eigenvalue weighted by atomic mass is 79.9. The number of aliphatic hydroxyl groups is 1. The molecule has 0 aliphatic heterocycles. The molecule has 3 heteroatoms. The molecule has 1 aromatic rings. The van der Waals surface area contributed by atoms with Gasteiger partial charge < -0.3 is 5.11 Å². The lowest BCUT2D eigenvalue weighted by Gasteiger charge is -2.12. The highest BCUT2D eigenvalue weighted by molar-refractivity contribution is 9.10. The van der Waals surface area contributed by atoms with Crippen LogP contribution in [0.25, 0.3) is 0 Å². The van der Waals surface area contributed by atoms with Crippen molar-refractivity contribution < 1.29 is 5.11 Å². The lowest BCUT2D eigenvalue weighted by atomic mass is 10.0. The summed E-state index contributed by atoms with van der Waals surface area (Å²) in [6.07, 6.45) is 5.20. The Balaban J connectivity index is 1.98. The minimum absolute atomic E-state index is 0.226. The van der Waals surface area contributed by atoms with Gasteiger partial charge in [-0.1, -0.05) is 13.8 Å². The first-order valence-electron chi connectivity index (χ1n) is 5.26. The molecule has 1 N–H and O–H groups in total. The quantitative estimate of drug-likeness (QED) is 0.916. The molecule has 1 saturated carbocycles. The van der Waals surface area contributed by atoms with Crippen LogP contribution in [0, 0.1) is 11.3 Å². The zero-order chi connectivity index (χ0) is 11.1. The number of hydrogen-bond donors (Lipinski definition) is 1. The second-order valence-electron chi connectivity index (χ2n) is 5.08. The monoisotopic (exact) mass is 269 g/mol. The van der Waals surface area contributed by atoms with E-state index in [2.05, 4.69) is 34.8 Å². The Hall–Kier alpha value is -0.410. The molecule has 1 fully saturated rings. The van der Waals surface area contributed by atoms with Gasteiger partial charge in [0.2, 0.25) is 0 Å². The van der Waals surface area contributed by atoms with Gasteiger partial charge >= 0.3 is 0 Å². The van der Waals surface area contributed by atoms with E-state index < -0.39 is 0 Å². The van der Waals surface area contributed by atoms with Crippen LogP contribution < -0.4 is 0 Å². The SMILES string of the molecule is CC1(C)CC1C(O)Cc1cncc(Br)c1. The molecule has 1 aliphatic carbocycles. The first-order chi connectivity index (χ1) is 6.99. The van der Waals surface area contributed by atoms with Crippen LogP contribution in [-0.4, -0.2) is 16.2 Å². The lowest BCUT2D eigenvalue weighted by Crippen LogP contribution is -2.16. The van der Waals surface area contributed by atoms with Gasteiger partial charge in [0.25, 0.3) is 0 Å². The molecule has 1 heterocycles. The normalized spacial score (nSPS) is 24.9. The number of hydrogen-bond acceptors (Lipinski definition) is 2. The van der Waals surface area contributed by atoms with E-state index in [1.54, 1.807) is 6.20 Å². The summed E-state index contributed by atoms with van der Waals surface area (Å²) in [5, 5.41) is 10.0. The minimum atomic E-state index is -0.226. The van der Waals surface area contributed by atoms with Crippen molar-refractivity contribution in [1.82, 2.24) is 4.98 Å². The maximum atomic E-state index is 10.0. The Bertz CT molecular complexity index is 364. The number of aliphatic hydroxyl groups excluding tert-OH is 1. The highest BCUT2D eigenvalue weighted by Gasteiger charge is 2.49. The second kappa shape index (κ2) is 3.87. The molecule has 82 valence electrons. The Labute approximate surface area is 98.9 Å². The zero-order valence-electron chi connectivity index (χ0n) is 9.07. The molecule has 1 aromatic heterocycles. The number of rotatable bonds is 3. The van der Waals surface area contributed by atoms with Crippen LogP contribution in [0.1, 0.15) is 25.8 Å². The van der Waals surface area contributed by atoms with E-state index in [0.29, 0.717) is 17.8 Å². The van der Waals surface area contributed by atoms with E-state index in [4.69, 9.17) is 0 Å². The van der Waals surface area contributed by atoms with Crippen LogP contribution in [0.5, 0.6) is 0 Å². The topological polar surface area (TPSA) is 33.1 Å². The number of aromatic nitrogens is 1. The van der Waals surface area contributed by atoms with Crippen LogP contribution in [0.4, 0.5) is 0 Å². The average Bonchev–Trinajstić information content (AvgIpc) is 2.75. The smallest absolute Gasteiger partial charge is 0.0614 e. The zero-order valence-corrected chi connectivity index (χ0v) is 10.7. The van der Waals surface area contributed by atoms with Gasteiger partial charge in [-0.15, -0.1) is 0 Å².